The monoisotopic (exact) mass is 346 g/mol. The number of rotatable bonds is 5. The van der Waals surface area contributed by atoms with Crippen LogP contribution in [-0.4, -0.2) is 35.9 Å². The standard InChI is InChI=1S/C20H30N2O3/c1-14(2)25-17-9-7-6-8-16(17)21-18(23)20(4,5)19(24)22-12-10-15(3)11-13-22/h6-9,14-15H,10-13H2,1-5H3,(H,21,23). The highest BCUT2D eigenvalue weighted by Crippen LogP contribution is 2.29. The molecule has 0 spiro atoms. The van der Waals surface area contributed by atoms with Crippen LogP contribution in [0, 0.1) is 11.3 Å². The van der Waals surface area contributed by atoms with Crippen molar-refractivity contribution < 1.29 is 14.3 Å². The van der Waals surface area contributed by atoms with Crippen molar-refractivity contribution in [2.75, 3.05) is 18.4 Å². The van der Waals surface area contributed by atoms with E-state index >= 15 is 0 Å². The summed E-state index contributed by atoms with van der Waals surface area (Å²) in [4.78, 5) is 27.5. The van der Waals surface area contributed by atoms with E-state index in [0.717, 1.165) is 25.9 Å². The van der Waals surface area contributed by atoms with Crippen molar-refractivity contribution in [3.8, 4) is 5.75 Å². The minimum Gasteiger partial charge on any atom is -0.489 e. The fraction of sp³-hybridized carbons (Fsp3) is 0.600. The number of carbonyl (C=O) groups is 2. The summed E-state index contributed by atoms with van der Waals surface area (Å²) in [5.41, 5.74) is -0.528. The predicted octanol–water partition coefficient (Wildman–Crippen LogP) is 3.70. The van der Waals surface area contributed by atoms with Gasteiger partial charge in [-0.1, -0.05) is 19.1 Å². The van der Waals surface area contributed by atoms with Crippen LogP contribution in [-0.2, 0) is 9.59 Å². The van der Waals surface area contributed by atoms with E-state index in [-0.39, 0.29) is 17.9 Å². The molecule has 0 atom stereocenters. The lowest BCUT2D eigenvalue weighted by molar-refractivity contribution is -0.147. The van der Waals surface area contributed by atoms with Crippen LogP contribution in [0.5, 0.6) is 5.75 Å². The summed E-state index contributed by atoms with van der Waals surface area (Å²) in [6, 6.07) is 7.30. The lowest BCUT2D eigenvalue weighted by atomic mass is 9.88. The van der Waals surface area contributed by atoms with Crippen molar-refractivity contribution in [2.24, 2.45) is 11.3 Å². The second-order valence-corrected chi connectivity index (χ2v) is 7.72. The SMILES string of the molecule is CC1CCN(C(=O)C(C)(C)C(=O)Nc2ccccc2OC(C)C)CC1. The molecule has 1 aliphatic heterocycles. The van der Waals surface area contributed by atoms with Gasteiger partial charge in [-0.05, 0) is 58.6 Å². The Morgan fingerprint density at radius 2 is 1.80 bits per heavy atom. The number of hydrogen-bond acceptors (Lipinski definition) is 3. The van der Waals surface area contributed by atoms with Gasteiger partial charge in [-0.2, -0.15) is 0 Å². The van der Waals surface area contributed by atoms with Crippen LogP contribution in [0.1, 0.15) is 47.5 Å². The van der Waals surface area contributed by atoms with Crippen LogP contribution in [0.2, 0.25) is 0 Å². The molecule has 0 aliphatic carbocycles. The summed E-state index contributed by atoms with van der Waals surface area (Å²) in [5, 5.41) is 2.87. The zero-order chi connectivity index (χ0) is 18.6. The van der Waals surface area contributed by atoms with Crippen LogP contribution in [0.4, 0.5) is 5.69 Å². The Hall–Kier alpha value is -2.04. The third-order valence-corrected chi connectivity index (χ3v) is 4.67. The molecule has 0 bridgehead atoms. The smallest absolute Gasteiger partial charge is 0.239 e. The lowest BCUT2D eigenvalue weighted by Crippen LogP contribution is -2.49. The van der Waals surface area contributed by atoms with Gasteiger partial charge in [0.1, 0.15) is 11.2 Å². The molecule has 138 valence electrons. The van der Waals surface area contributed by atoms with Crippen molar-refractivity contribution in [3.05, 3.63) is 24.3 Å². The largest absolute Gasteiger partial charge is 0.489 e. The van der Waals surface area contributed by atoms with Gasteiger partial charge in [-0.25, -0.2) is 0 Å². The molecule has 25 heavy (non-hydrogen) atoms. The molecule has 5 heteroatoms. The fourth-order valence-electron chi connectivity index (χ4n) is 2.91. The summed E-state index contributed by atoms with van der Waals surface area (Å²) in [6.45, 7) is 10.9. The first-order valence-electron chi connectivity index (χ1n) is 9.08. The molecule has 1 aromatic rings. The molecule has 1 aromatic carbocycles. The number of amides is 2. The van der Waals surface area contributed by atoms with Gasteiger partial charge in [-0.3, -0.25) is 9.59 Å². The van der Waals surface area contributed by atoms with Gasteiger partial charge < -0.3 is 15.0 Å². The second-order valence-electron chi connectivity index (χ2n) is 7.72. The maximum atomic E-state index is 12.9. The van der Waals surface area contributed by atoms with Gasteiger partial charge in [-0.15, -0.1) is 0 Å². The van der Waals surface area contributed by atoms with Gasteiger partial charge >= 0.3 is 0 Å². The Balaban J connectivity index is 2.10. The average Bonchev–Trinajstić information content (AvgIpc) is 2.56. The molecule has 0 saturated carbocycles. The predicted molar refractivity (Wildman–Crippen MR) is 99.6 cm³/mol. The molecule has 1 saturated heterocycles. The molecule has 2 rings (SSSR count). The van der Waals surface area contributed by atoms with Crippen molar-refractivity contribution in [3.63, 3.8) is 0 Å². The van der Waals surface area contributed by atoms with E-state index in [1.165, 1.54) is 0 Å². The van der Waals surface area contributed by atoms with Gasteiger partial charge in [0.15, 0.2) is 0 Å². The molecule has 0 unspecified atom stereocenters. The van der Waals surface area contributed by atoms with Crippen LogP contribution in [0.15, 0.2) is 24.3 Å². The van der Waals surface area contributed by atoms with Crippen LogP contribution < -0.4 is 10.1 Å². The van der Waals surface area contributed by atoms with E-state index < -0.39 is 5.41 Å². The van der Waals surface area contributed by atoms with Gasteiger partial charge in [0.25, 0.3) is 0 Å². The number of likely N-dealkylation sites (tertiary alicyclic amines) is 1. The summed E-state index contributed by atoms with van der Waals surface area (Å²) >= 11 is 0. The number of ether oxygens (including phenoxy) is 1. The zero-order valence-corrected chi connectivity index (χ0v) is 16.0. The number of para-hydroxylation sites is 2. The molecule has 2 amide bonds. The fourth-order valence-corrected chi connectivity index (χ4v) is 2.91. The van der Waals surface area contributed by atoms with E-state index in [2.05, 4.69) is 12.2 Å². The molecular formula is C20H30N2O3. The van der Waals surface area contributed by atoms with Crippen molar-refractivity contribution in [1.29, 1.82) is 0 Å². The van der Waals surface area contributed by atoms with E-state index in [1.807, 2.05) is 36.9 Å². The number of anilines is 1. The number of piperidine rings is 1. The average molecular weight is 346 g/mol. The quantitative estimate of drug-likeness (QED) is 0.827. The molecule has 1 N–H and O–H groups in total. The van der Waals surface area contributed by atoms with Gasteiger partial charge in [0.05, 0.1) is 11.8 Å². The Kier molecular flexibility index (Phi) is 6.09. The van der Waals surface area contributed by atoms with Gasteiger partial charge in [0.2, 0.25) is 11.8 Å². The highest BCUT2D eigenvalue weighted by molar-refractivity contribution is 6.10. The Morgan fingerprint density at radius 1 is 1.20 bits per heavy atom. The summed E-state index contributed by atoms with van der Waals surface area (Å²) in [6.07, 6.45) is 1.99. The maximum absolute atomic E-state index is 12.9. The number of hydrogen-bond donors (Lipinski definition) is 1. The van der Waals surface area contributed by atoms with E-state index in [1.54, 1.807) is 19.9 Å². The Labute approximate surface area is 150 Å². The van der Waals surface area contributed by atoms with E-state index in [0.29, 0.717) is 17.4 Å². The molecule has 1 aliphatic rings. The van der Waals surface area contributed by atoms with Crippen LogP contribution in [0.3, 0.4) is 0 Å². The highest BCUT2D eigenvalue weighted by atomic mass is 16.5. The molecule has 0 aromatic heterocycles. The molecular weight excluding hydrogens is 316 g/mol. The first-order valence-corrected chi connectivity index (χ1v) is 9.08. The van der Waals surface area contributed by atoms with Crippen LogP contribution in [0.25, 0.3) is 0 Å². The van der Waals surface area contributed by atoms with Crippen molar-refractivity contribution in [1.82, 2.24) is 4.90 Å². The lowest BCUT2D eigenvalue weighted by Gasteiger charge is -2.35. The minimum atomic E-state index is -1.12. The molecule has 5 nitrogen and oxygen atoms in total. The van der Waals surface area contributed by atoms with Crippen molar-refractivity contribution >= 4 is 17.5 Å². The third kappa shape index (κ3) is 4.74. The number of nitrogens with one attached hydrogen (secondary N) is 1. The maximum Gasteiger partial charge on any atom is 0.239 e. The number of nitrogens with zero attached hydrogens (tertiary/aromatic N) is 1. The van der Waals surface area contributed by atoms with E-state index in [4.69, 9.17) is 4.74 Å². The first-order chi connectivity index (χ1) is 11.7. The second kappa shape index (κ2) is 7.89. The summed E-state index contributed by atoms with van der Waals surface area (Å²) in [5.74, 6) is 0.831. The molecule has 1 heterocycles. The van der Waals surface area contributed by atoms with E-state index in [9.17, 15) is 9.59 Å². The Morgan fingerprint density at radius 3 is 2.40 bits per heavy atom. The first kappa shape index (κ1) is 19.3. The number of carbonyl (C=O) groups excluding carboxylic acids is 2. The van der Waals surface area contributed by atoms with Gasteiger partial charge in [0, 0.05) is 13.1 Å². The topological polar surface area (TPSA) is 58.6 Å². The Bertz CT molecular complexity index is 617. The highest BCUT2D eigenvalue weighted by Gasteiger charge is 2.40. The van der Waals surface area contributed by atoms with Crippen molar-refractivity contribution in [2.45, 2.75) is 53.6 Å². The van der Waals surface area contributed by atoms with Crippen LogP contribution >= 0.6 is 0 Å². The normalized spacial score (nSPS) is 16.0. The summed E-state index contributed by atoms with van der Waals surface area (Å²) in [7, 11) is 0. The number of benzene rings is 1. The molecule has 1 fully saturated rings. The molecule has 0 radical (unpaired) electrons. The summed E-state index contributed by atoms with van der Waals surface area (Å²) < 4.78 is 5.74. The zero-order valence-electron chi connectivity index (χ0n) is 16.0. The third-order valence-electron chi connectivity index (χ3n) is 4.67. The minimum absolute atomic E-state index is 0.00281.